The predicted molar refractivity (Wildman–Crippen MR) is 126 cm³/mol. The number of hydrogen-bond donors (Lipinski definition) is 1. The molecule has 1 aromatic heterocycles. The van der Waals surface area contributed by atoms with Gasteiger partial charge in [-0.1, -0.05) is 31.5 Å². The minimum atomic E-state index is 0.598. The van der Waals surface area contributed by atoms with Crippen LogP contribution >= 0.6 is 12.2 Å². The molecule has 30 heavy (non-hydrogen) atoms. The van der Waals surface area contributed by atoms with Crippen LogP contribution in [0, 0.1) is 0 Å². The number of nitrogens with one attached hydrogen (secondary N) is 1. The highest BCUT2D eigenvalue weighted by molar-refractivity contribution is 7.80. The number of rotatable bonds is 8. The molecule has 2 aromatic carbocycles. The van der Waals surface area contributed by atoms with E-state index in [4.69, 9.17) is 22.1 Å². The summed E-state index contributed by atoms with van der Waals surface area (Å²) < 4.78 is 7.14. The van der Waals surface area contributed by atoms with Gasteiger partial charge in [-0.15, -0.1) is 0 Å². The highest BCUT2D eigenvalue weighted by Gasteiger charge is 2.12. The lowest BCUT2D eigenvalue weighted by Gasteiger charge is -2.15. The first-order chi connectivity index (χ1) is 14.6. The first-order valence-electron chi connectivity index (χ1n) is 9.97. The Kier molecular flexibility index (Phi) is 7.57. The van der Waals surface area contributed by atoms with E-state index in [2.05, 4.69) is 17.3 Å². The van der Waals surface area contributed by atoms with Crippen molar-refractivity contribution in [3.63, 3.8) is 0 Å². The van der Waals surface area contributed by atoms with E-state index in [1.807, 2.05) is 72.5 Å². The lowest BCUT2D eigenvalue weighted by atomic mass is 10.1. The van der Waals surface area contributed by atoms with Crippen molar-refractivity contribution in [3.05, 3.63) is 66.4 Å². The summed E-state index contributed by atoms with van der Waals surface area (Å²) in [6, 6.07) is 17.9. The summed E-state index contributed by atoms with van der Waals surface area (Å²) in [6.07, 6.45) is 5.95. The topological polar surface area (TPSA) is 54.7 Å². The third-order valence-electron chi connectivity index (χ3n) is 4.60. The average molecular weight is 422 g/mol. The maximum absolute atomic E-state index is 5.41. The molecule has 0 fully saturated rings. The Morgan fingerprint density at radius 2 is 1.93 bits per heavy atom. The SMILES string of the molecule is CCCCNC(=S)N(C)/N=C/c1cn(-c2ccccc2)nc1-c1ccc(OC)cc1. The Hall–Kier alpha value is -3.19. The highest BCUT2D eigenvalue weighted by Crippen LogP contribution is 2.25. The fourth-order valence-corrected chi connectivity index (χ4v) is 3.00. The van der Waals surface area contributed by atoms with E-state index in [0.717, 1.165) is 47.6 Å². The number of hydrazone groups is 1. The summed E-state index contributed by atoms with van der Waals surface area (Å²) in [6.45, 7) is 3.00. The first-order valence-corrected chi connectivity index (χ1v) is 10.4. The molecule has 0 radical (unpaired) electrons. The van der Waals surface area contributed by atoms with Gasteiger partial charge in [0.05, 0.1) is 19.0 Å². The summed E-state index contributed by atoms with van der Waals surface area (Å²) in [5.74, 6) is 0.805. The van der Waals surface area contributed by atoms with Gasteiger partial charge in [0.15, 0.2) is 5.11 Å². The fraction of sp³-hybridized carbons (Fsp3) is 0.261. The van der Waals surface area contributed by atoms with Crippen molar-refractivity contribution >= 4 is 23.5 Å². The average Bonchev–Trinajstić information content (AvgIpc) is 3.22. The molecule has 0 aliphatic carbocycles. The Morgan fingerprint density at radius 1 is 1.20 bits per heavy atom. The molecule has 3 rings (SSSR count). The molecule has 0 amide bonds. The van der Waals surface area contributed by atoms with E-state index in [-0.39, 0.29) is 0 Å². The van der Waals surface area contributed by atoms with Crippen molar-refractivity contribution in [2.75, 3.05) is 20.7 Å². The second-order valence-corrected chi connectivity index (χ2v) is 7.18. The number of benzene rings is 2. The molecule has 1 N–H and O–H groups in total. The van der Waals surface area contributed by atoms with Crippen molar-refractivity contribution in [1.82, 2.24) is 20.1 Å². The van der Waals surface area contributed by atoms with Gasteiger partial charge in [-0.25, -0.2) is 9.69 Å². The largest absolute Gasteiger partial charge is 0.497 e. The molecular weight excluding hydrogens is 394 g/mol. The molecule has 0 aliphatic heterocycles. The number of unbranched alkanes of at least 4 members (excludes halogenated alkanes) is 1. The molecule has 0 saturated carbocycles. The number of para-hydroxylation sites is 1. The van der Waals surface area contributed by atoms with Crippen LogP contribution < -0.4 is 10.1 Å². The second-order valence-electron chi connectivity index (χ2n) is 6.80. The van der Waals surface area contributed by atoms with Crippen LogP contribution in [0.4, 0.5) is 0 Å². The van der Waals surface area contributed by atoms with Gasteiger partial charge >= 0.3 is 0 Å². The third kappa shape index (κ3) is 5.45. The van der Waals surface area contributed by atoms with Gasteiger partial charge in [0, 0.05) is 30.9 Å². The van der Waals surface area contributed by atoms with Gasteiger partial charge in [-0.2, -0.15) is 10.2 Å². The molecule has 0 saturated heterocycles. The normalized spacial score (nSPS) is 10.9. The quantitative estimate of drug-likeness (QED) is 0.251. The van der Waals surface area contributed by atoms with E-state index < -0.39 is 0 Å². The zero-order valence-electron chi connectivity index (χ0n) is 17.6. The van der Waals surface area contributed by atoms with Crippen LogP contribution in [0.1, 0.15) is 25.3 Å². The Balaban J connectivity index is 1.89. The summed E-state index contributed by atoms with van der Waals surface area (Å²) in [7, 11) is 3.50. The number of methoxy groups -OCH3 is 1. The molecule has 156 valence electrons. The van der Waals surface area contributed by atoms with Crippen LogP contribution in [0.5, 0.6) is 5.75 Å². The number of aromatic nitrogens is 2. The van der Waals surface area contributed by atoms with Crippen molar-refractivity contribution < 1.29 is 4.74 Å². The van der Waals surface area contributed by atoms with E-state index in [1.54, 1.807) is 18.3 Å². The van der Waals surface area contributed by atoms with Gasteiger partial charge in [0.2, 0.25) is 0 Å². The van der Waals surface area contributed by atoms with Crippen molar-refractivity contribution in [3.8, 4) is 22.7 Å². The Morgan fingerprint density at radius 3 is 2.60 bits per heavy atom. The van der Waals surface area contributed by atoms with Gasteiger partial charge in [0.1, 0.15) is 11.4 Å². The Labute approximate surface area is 183 Å². The van der Waals surface area contributed by atoms with Crippen LogP contribution in [0.15, 0.2) is 65.9 Å². The second kappa shape index (κ2) is 10.5. The summed E-state index contributed by atoms with van der Waals surface area (Å²) in [5, 5.41) is 14.8. The molecular formula is C23H27N5OS. The molecule has 0 bridgehead atoms. The van der Waals surface area contributed by atoms with Crippen LogP contribution in [0.2, 0.25) is 0 Å². The van der Waals surface area contributed by atoms with Crippen LogP contribution in [-0.4, -0.2) is 46.8 Å². The van der Waals surface area contributed by atoms with E-state index in [9.17, 15) is 0 Å². The predicted octanol–water partition coefficient (Wildman–Crippen LogP) is 4.49. The number of hydrogen-bond acceptors (Lipinski definition) is 4. The molecule has 3 aromatic rings. The highest BCUT2D eigenvalue weighted by atomic mass is 32.1. The summed E-state index contributed by atoms with van der Waals surface area (Å²) >= 11 is 5.41. The van der Waals surface area contributed by atoms with Gasteiger partial charge in [0.25, 0.3) is 0 Å². The number of ether oxygens (including phenoxy) is 1. The lowest BCUT2D eigenvalue weighted by molar-refractivity contribution is 0.415. The molecule has 0 aliphatic rings. The van der Waals surface area contributed by atoms with E-state index in [0.29, 0.717) is 5.11 Å². The van der Waals surface area contributed by atoms with Gasteiger partial charge < -0.3 is 10.1 Å². The van der Waals surface area contributed by atoms with Crippen molar-refractivity contribution in [1.29, 1.82) is 0 Å². The minimum Gasteiger partial charge on any atom is -0.497 e. The molecule has 0 unspecified atom stereocenters. The molecule has 0 spiro atoms. The standard InChI is InChI=1S/C23H27N5OS/c1-4-5-15-24-23(30)27(2)25-16-19-17-28(20-9-7-6-8-10-20)26-22(19)18-11-13-21(29-3)14-12-18/h6-14,16-17H,4-5,15H2,1-3H3,(H,24,30)/b25-16+. The number of nitrogens with zero attached hydrogens (tertiary/aromatic N) is 4. The molecule has 1 heterocycles. The van der Waals surface area contributed by atoms with E-state index >= 15 is 0 Å². The zero-order valence-corrected chi connectivity index (χ0v) is 18.4. The van der Waals surface area contributed by atoms with E-state index in [1.165, 1.54) is 0 Å². The molecule has 0 atom stereocenters. The van der Waals surface area contributed by atoms with Crippen molar-refractivity contribution in [2.45, 2.75) is 19.8 Å². The van der Waals surface area contributed by atoms with Crippen LogP contribution in [0.25, 0.3) is 16.9 Å². The maximum Gasteiger partial charge on any atom is 0.189 e. The lowest BCUT2D eigenvalue weighted by Crippen LogP contribution is -2.34. The molecule has 7 heteroatoms. The molecule has 6 nitrogen and oxygen atoms in total. The van der Waals surface area contributed by atoms with Gasteiger partial charge in [-0.05, 0) is 55.0 Å². The zero-order chi connectivity index (χ0) is 21.3. The summed E-state index contributed by atoms with van der Waals surface area (Å²) in [4.78, 5) is 0. The number of thiocarbonyl (C=S) groups is 1. The Bertz CT molecular complexity index is 983. The third-order valence-corrected chi connectivity index (χ3v) is 5.01. The monoisotopic (exact) mass is 421 g/mol. The smallest absolute Gasteiger partial charge is 0.189 e. The first kappa shape index (κ1) is 21.5. The minimum absolute atomic E-state index is 0.598. The summed E-state index contributed by atoms with van der Waals surface area (Å²) in [5.41, 5.74) is 3.70. The van der Waals surface area contributed by atoms with Crippen LogP contribution in [0.3, 0.4) is 0 Å². The van der Waals surface area contributed by atoms with Gasteiger partial charge in [-0.3, -0.25) is 0 Å². The van der Waals surface area contributed by atoms with Crippen molar-refractivity contribution in [2.24, 2.45) is 5.10 Å². The van der Waals surface area contributed by atoms with Crippen LogP contribution in [-0.2, 0) is 0 Å². The maximum atomic E-state index is 5.41. The fourth-order valence-electron chi connectivity index (χ4n) is 2.86.